The Balaban J connectivity index is 3.66. The second-order valence-corrected chi connectivity index (χ2v) is 6.20. The molecule has 0 unspecified atom stereocenters. The Hall–Kier alpha value is 0.650. The van der Waals surface area contributed by atoms with Gasteiger partial charge < -0.3 is 9.47 Å². The summed E-state index contributed by atoms with van der Waals surface area (Å²) in [5.74, 6) is 0. The zero-order chi connectivity index (χ0) is 14.2. The van der Waals surface area contributed by atoms with Gasteiger partial charge >= 0.3 is 0 Å². The summed E-state index contributed by atoms with van der Waals surface area (Å²) in [5.41, 5.74) is 0. The first-order chi connectivity index (χ1) is 9.35. The Morgan fingerprint density at radius 2 is 1.32 bits per heavy atom. The fourth-order valence-corrected chi connectivity index (χ4v) is 2.47. The van der Waals surface area contributed by atoms with Crippen LogP contribution in [-0.2, 0) is 9.47 Å². The molecule has 0 aromatic carbocycles. The van der Waals surface area contributed by atoms with Crippen molar-refractivity contribution < 1.29 is 9.47 Å². The van der Waals surface area contributed by atoms with E-state index in [-0.39, 0.29) is 6.29 Å². The first-order valence-electron chi connectivity index (χ1n) is 8.14. The van der Waals surface area contributed by atoms with Gasteiger partial charge in [0.1, 0.15) is 0 Å². The number of hydrogen-bond donors (Lipinski definition) is 0. The lowest BCUT2D eigenvalue weighted by Crippen LogP contribution is -2.19. The number of unbranched alkanes of at least 4 members (excludes halogenated alkanes) is 6. The molecule has 0 aliphatic carbocycles. The molecule has 0 bridgehead atoms. The van der Waals surface area contributed by atoms with Gasteiger partial charge in [-0.3, -0.25) is 0 Å². The summed E-state index contributed by atoms with van der Waals surface area (Å²) in [4.78, 5) is 0. The maximum Gasteiger partial charge on any atom is 0.157 e. The van der Waals surface area contributed by atoms with Crippen molar-refractivity contribution in [2.24, 2.45) is 0 Å². The summed E-state index contributed by atoms with van der Waals surface area (Å²) in [6, 6.07) is 0. The molecule has 0 fully saturated rings. The number of rotatable bonds is 15. The van der Waals surface area contributed by atoms with Crippen LogP contribution in [0.1, 0.15) is 78.1 Å². The maximum absolute atomic E-state index is 5.88. The molecular formula is C16H33IO2. The lowest BCUT2D eigenvalue weighted by molar-refractivity contribution is -0.148. The van der Waals surface area contributed by atoms with E-state index in [1.165, 1.54) is 62.2 Å². The summed E-state index contributed by atoms with van der Waals surface area (Å²) in [6.45, 7) is 6.17. The third-order valence-electron chi connectivity index (χ3n) is 3.18. The van der Waals surface area contributed by atoms with Crippen molar-refractivity contribution in [3.63, 3.8) is 0 Å². The number of hydrogen-bond acceptors (Lipinski definition) is 2. The molecule has 0 amide bonds. The van der Waals surface area contributed by atoms with Crippen LogP contribution in [0, 0.1) is 0 Å². The minimum atomic E-state index is 0.0444. The monoisotopic (exact) mass is 384 g/mol. The fourth-order valence-electron chi connectivity index (χ4n) is 1.93. The Morgan fingerprint density at radius 3 is 1.79 bits per heavy atom. The molecule has 3 heteroatoms. The van der Waals surface area contributed by atoms with E-state index >= 15 is 0 Å². The molecule has 0 N–H and O–H groups in total. The van der Waals surface area contributed by atoms with Gasteiger partial charge in [-0.15, -0.1) is 0 Å². The van der Waals surface area contributed by atoms with E-state index in [1.54, 1.807) is 0 Å². The molecule has 0 aromatic heterocycles. The average molecular weight is 384 g/mol. The Bertz CT molecular complexity index is 136. The van der Waals surface area contributed by atoms with E-state index in [1.807, 2.05) is 0 Å². The molecule has 0 saturated heterocycles. The molecule has 0 rings (SSSR count). The van der Waals surface area contributed by atoms with E-state index in [4.69, 9.17) is 9.47 Å². The molecule has 0 aliphatic rings. The van der Waals surface area contributed by atoms with Crippen LogP contribution in [0.2, 0.25) is 0 Å². The van der Waals surface area contributed by atoms with Crippen molar-refractivity contribution in [3.8, 4) is 0 Å². The third kappa shape index (κ3) is 14.9. The van der Waals surface area contributed by atoms with Gasteiger partial charge in [0, 0.05) is 13.2 Å². The third-order valence-corrected chi connectivity index (χ3v) is 3.94. The minimum absolute atomic E-state index is 0.0444. The minimum Gasteiger partial charge on any atom is -0.353 e. The van der Waals surface area contributed by atoms with Gasteiger partial charge in [0.2, 0.25) is 0 Å². The highest BCUT2D eigenvalue weighted by Crippen LogP contribution is 2.11. The van der Waals surface area contributed by atoms with Gasteiger partial charge in [-0.05, 0) is 36.5 Å². The molecule has 0 saturated carbocycles. The Morgan fingerprint density at radius 1 is 0.737 bits per heavy atom. The molecule has 0 spiro atoms. The van der Waals surface area contributed by atoms with E-state index < -0.39 is 0 Å². The average Bonchev–Trinajstić information content (AvgIpc) is 2.43. The number of halogens is 1. The molecule has 19 heavy (non-hydrogen) atoms. The Labute approximate surface area is 134 Å². The lowest BCUT2D eigenvalue weighted by Gasteiger charge is -2.18. The second-order valence-electron chi connectivity index (χ2n) is 5.12. The van der Waals surface area contributed by atoms with Crippen LogP contribution in [0.4, 0.5) is 0 Å². The number of ether oxygens (including phenoxy) is 2. The summed E-state index contributed by atoms with van der Waals surface area (Å²) >= 11 is 2.45. The van der Waals surface area contributed by atoms with Crippen LogP contribution in [0.15, 0.2) is 0 Å². The highest BCUT2D eigenvalue weighted by atomic mass is 127. The molecular weight excluding hydrogens is 351 g/mol. The Kier molecular flexibility index (Phi) is 17.3. The SMILES string of the molecule is CCCCCOC(CCCCCI)OCCCCC. The molecule has 0 atom stereocenters. The molecule has 116 valence electrons. The van der Waals surface area contributed by atoms with Crippen LogP contribution in [0.5, 0.6) is 0 Å². The van der Waals surface area contributed by atoms with Gasteiger partial charge in [0.15, 0.2) is 6.29 Å². The topological polar surface area (TPSA) is 18.5 Å². The first kappa shape index (κ1) is 19.7. The van der Waals surface area contributed by atoms with Crippen LogP contribution >= 0.6 is 22.6 Å². The zero-order valence-electron chi connectivity index (χ0n) is 13.0. The van der Waals surface area contributed by atoms with Gasteiger partial charge in [0.25, 0.3) is 0 Å². The van der Waals surface area contributed by atoms with Crippen molar-refractivity contribution in [3.05, 3.63) is 0 Å². The van der Waals surface area contributed by atoms with E-state index in [0.29, 0.717) is 0 Å². The van der Waals surface area contributed by atoms with Gasteiger partial charge in [-0.2, -0.15) is 0 Å². The molecule has 2 nitrogen and oxygen atoms in total. The number of alkyl halides is 1. The van der Waals surface area contributed by atoms with E-state index in [9.17, 15) is 0 Å². The smallest absolute Gasteiger partial charge is 0.157 e. The first-order valence-corrected chi connectivity index (χ1v) is 9.66. The van der Waals surface area contributed by atoms with Crippen LogP contribution in [0.25, 0.3) is 0 Å². The van der Waals surface area contributed by atoms with Crippen molar-refractivity contribution in [1.82, 2.24) is 0 Å². The summed E-state index contributed by atoms with van der Waals surface area (Å²) < 4.78 is 13.0. The maximum atomic E-state index is 5.88. The highest BCUT2D eigenvalue weighted by Gasteiger charge is 2.08. The molecule has 0 radical (unpaired) electrons. The van der Waals surface area contributed by atoms with Crippen molar-refractivity contribution in [1.29, 1.82) is 0 Å². The summed E-state index contributed by atoms with van der Waals surface area (Å²) in [6.07, 6.45) is 12.3. The molecule has 0 aliphatic heterocycles. The van der Waals surface area contributed by atoms with Gasteiger partial charge in [0.05, 0.1) is 0 Å². The normalized spacial score (nSPS) is 11.4. The van der Waals surface area contributed by atoms with Gasteiger partial charge in [-0.1, -0.05) is 68.5 Å². The van der Waals surface area contributed by atoms with Crippen molar-refractivity contribution >= 4 is 22.6 Å². The predicted molar refractivity (Wildman–Crippen MR) is 92.1 cm³/mol. The molecule has 0 aromatic rings. The molecule has 0 heterocycles. The van der Waals surface area contributed by atoms with Crippen LogP contribution in [0.3, 0.4) is 0 Å². The van der Waals surface area contributed by atoms with Crippen LogP contribution in [-0.4, -0.2) is 23.9 Å². The predicted octanol–water partition coefficient (Wildman–Crippen LogP) is 5.72. The van der Waals surface area contributed by atoms with E-state index in [2.05, 4.69) is 36.4 Å². The van der Waals surface area contributed by atoms with Crippen LogP contribution < -0.4 is 0 Å². The summed E-state index contributed by atoms with van der Waals surface area (Å²) in [7, 11) is 0. The highest BCUT2D eigenvalue weighted by molar-refractivity contribution is 14.1. The lowest BCUT2D eigenvalue weighted by atomic mass is 10.2. The summed E-state index contributed by atoms with van der Waals surface area (Å²) in [5, 5.41) is 0. The quantitative estimate of drug-likeness (QED) is 0.156. The fraction of sp³-hybridized carbons (Fsp3) is 1.00. The standard InChI is InChI=1S/C16H33IO2/c1-3-5-10-14-18-16(12-8-7-9-13-17)19-15-11-6-4-2/h16H,3-15H2,1-2H3. The zero-order valence-corrected chi connectivity index (χ0v) is 15.1. The van der Waals surface area contributed by atoms with Gasteiger partial charge in [-0.25, -0.2) is 0 Å². The van der Waals surface area contributed by atoms with E-state index in [0.717, 1.165) is 19.6 Å². The van der Waals surface area contributed by atoms with Crippen molar-refractivity contribution in [2.75, 3.05) is 17.6 Å². The largest absolute Gasteiger partial charge is 0.353 e. The second kappa shape index (κ2) is 16.7. The van der Waals surface area contributed by atoms with Crippen molar-refractivity contribution in [2.45, 2.75) is 84.3 Å².